The van der Waals surface area contributed by atoms with Crippen LogP contribution in [-0.2, 0) is 9.53 Å². The lowest BCUT2D eigenvalue weighted by Gasteiger charge is -2.15. The van der Waals surface area contributed by atoms with Gasteiger partial charge in [0.2, 0.25) is 12.7 Å². The fourth-order valence-electron chi connectivity index (χ4n) is 3.13. The van der Waals surface area contributed by atoms with Crippen LogP contribution in [0.25, 0.3) is 0 Å². The Hall–Kier alpha value is -3.06. The zero-order valence-corrected chi connectivity index (χ0v) is 15.5. The van der Waals surface area contributed by atoms with Crippen molar-refractivity contribution in [1.29, 1.82) is 0 Å². The Morgan fingerprint density at radius 2 is 1.89 bits per heavy atom. The lowest BCUT2D eigenvalue weighted by Crippen LogP contribution is -2.23. The van der Waals surface area contributed by atoms with Crippen molar-refractivity contribution in [3.63, 3.8) is 0 Å². The Morgan fingerprint density at radius 3 is 2.61 bits per heavy atom. The fourth-order valence-corrected chi connectivity index (χ4v) is 3.40. The number of ketones is 1. The van der Waals surface area contributed by atoms with Crippen LogP contribution in [0.1, 0.15) is 33.6 Å². The number of amides is 1. The van der Waals surface area contributed by atoms with Crippen molar-refractivity contribution in [3.05, 3.63) is 52.5 Å². The molecule has 0 radical (unpaired) electrons. The number of carbonyl (C=O) groups excluding carboxylic acids is 3. The number of carbonyl (C=O) groups is 3. The van der Waals surface area contributed by atoms with Gasteiger partial charge in [-0.25, -0.2) is 4.79 Å². The topological polar surface area (TPSA) is 82.1 Å². The van der Waals surface area contributed by atoms with E-state index in [1.54, 1.807) is 29.2 Å². The van der Waals surface area contributed by atoms with E-state index >= 15 is 0 Å². The maximum Gasteiger partial charge on any atom is 0.338 e. The summed E-state index contributed by atoms with van der Waals surface area (Å²) in [5.74, 6) is -0.216. The average molecular weight is 402 g/mol. The third-order valence-electron chi connectivity index (χ3n) is 4.57. The highest BCUT2D eigenvalue weighted by Gasteiger charge is 2.23. The van der Waals surface area contributed by atoms with Gasteiger partial charge in [0.25, 0.3) is 0 Å². The predicted molar refractivity (Wildman–Crippen MR) is 100 cm³/mol. The van der Waals surface area contributed by atoms with Crippen LogP contribution in [0.3, 0.4) is 0 Å². The standard InChI is InChI=1S/C20H16ClNO6/c21-15-8-13(9-17-19(15)28-11-27-17)20(25)26-10-16(23)12-3-5-14(6-4-12)22-7-1-2-18(22)24/h3-6,8-9H,1-2,7,10-11H2. The summed E-state index contributed by atoms with van der Waals surface area (Å²) >= 11 is 6.05. The zero-order chi connectivity index (χ0) is 19.7. The minimum atomic E-state index is -0.687. The number of fused-ring (bicyclic) bond motifs is 1. The molecule has 0 aromatic heterocycles. The molecule has 28 heavy (non-hydrogen) atoms. The van der Waals surface area contributed by atoms with E-state index in [4.69, 9.17) is 25.8 Å². The van der Waals surface area contributed by atoms with E-state index in [9.17, 15) is 14.4 Å². The van der Waals surface area contributed by atoms with Gasteiger partial charge in [-0.2, -0.15) is 0 Å². The van der Waals surface area contributed by atoms with Crippen molar-refractivity contribution < 1.29 is 28.6 Å². The lowest BCUT2D eigenvalue weighted by molar-refractivity contribution is -0.117. The normalized spacial score (nSPS) is 15.0. The molecule has 0 unspecified atom stereocenters. The Balaban J connectivity index is 1.38. The van der Waals surface area contributed by atoms with E-state index in [2.05, 4.69) is 0 Å². The molecule has 1 fully saturated rings. The molecule has 8 heteroatoms. The first kappa shape index (κ1) is 18.3. The van der Waals surface area contributed by atoms with Gasteiger partial charge < -0.3 is 19.1 Å². The SMILES string of the molecule is O=C(COC(=O)c1cc(Cl)c2c(c1)OCO2)c1ccc(N2CCCC2=O)cc1. The minimum Gasteiger partial charge on any atom is -0.454 e. The second kappa shape index (κ2) is 7.52. The number of Topliss-reactive ketones (excluding diaryl/α,β-unsaturated/α-hetero) is 1. The van der Waals surface area contributed by atoms with Crippen molar-refractivity contribution in [2.24, 2.45) is 0 Å². The molecule has 2 aromatic carbocycles. The molecular weight excluding hydrogens is 386 g/mol. The number of ether oxygens (including phenoxy) is 3. The largest absolute Gasteiger partial charge is 0.454 e. The maximum absolute atomic E-state index is 12.3. The Bertz CT molecular complexity index is 956. The summed E-state index contributed by atoms with van der Waals surface area (Å²) in [6, 6.07) is 9.54. The van der Waals surface area contributed by atoms with Gasteiger partial charge in [0.05, 0.1) is 10.6 Å². The van der Waals surface area contributed by atoms with Crippen molar-refractivity contribution in [2.45, 2.75) is 12.8 Å². The van der Waals surface area contributed by atoms with Gasteiger partial charge in [0.15, 0.2) is 23.9 Å². The molecular formula is C20H16ClNO6. The molecule has 144 valence electrons. The van der Waals surface area contributed by atoms with Crippen LogP contribution < -0.4 is 14.4 Å². The van der Waals surface area contributed by atoms with E-state index in [-0.39, 0.29) is 29.1 Å². The number of anilines is 1. The summed E-state index contributed by atoms with van der Waals surface area (Å²) in [5, 5.41) is 0.236. The molecule has 0 spiro atoms. The Morgan fingerprint density at radius 1 is 1.11 bits per heavy atom. The highest BCUT2D eigenvalue weighted by molar-refractivity contribution is 6.32. The number of halogens is 1. The molecule has 7 nitrogen and oxygen atoms in total. The van der Waals surface area contributed by atoms with Crippen LogP contribution in [-0.4, -0.2) is 37.6 Å². The smallest absolute Gasteiger partial charge is 0.338 e. The lowest BCUT2D eigenvalue weighted by atomic mass is 10.1. The summed E-state index contributed by atoms with van der Waals surface area (Å²) in [6.07, 6.45) is 1.37. The average Bonchev–Trinajstić information content (AvgIpc) is 3.35. The van der Waals surface area contributed by atoms with Crippen LogP contribution in [0.15, 0.2) is 36.4 Å². The number of hydrogen-bond donors (Lipinski definition) is 0. The maximum atomic E-state index is 12.3. The van der Waals surface area contributed by atoms with Crippen LogP contribution in [0.5, 0.6) is 11.5 Å². The highest BCUT2D eigenvalue weighted by Crippen LogP contribution is 2.39. The zero-order valence-electron chi connectivity index (χ0n) is 14.8. The summed E-state index contributed by atoms with van der Waals surface area (Å²) in [5.41, 5.74) is 1.32. The van der Waals surface area contributed by atoms with Crippen LogP contribution >= 0.6 is 11.6 Å². The first-order valence-corrected chi connectivity index (χ1v) is 9.10. The monoisotopic (exact) mass is 401 g/mol. The highest BCUT2D eigenvalue weighted by atomic mass is 35.5. The van der Waals surface area contributed by atoms with E-state index in [1.807, 2.05) is 0 Å². The Labute approximate surface area is 165 Å². The number of nitrogens with zero attached hydrogens (tertiary/aromatic N) is 1. The van der Waals surface area contributed by atoms with Crippen LogP contribution in [0, 0.1) is 0 Å². The van der Waals surface area contributed by atoms with Crippen molar-refractivity contribution in [3.8, 4) is 11.5 Å². The Kier molecular flexibility index (Phi) is 4.92. The third kappa shape index (κ3) is 3.53. The number of rotatable bonds is 5. The summed E-state index contributed by atoms with van der Waals surface area (Å²) in [4.78, 5) is 38.0. The quantitative estimate of drug-likeness (QED) is 0.565. The third-order valence-corrected chi connectivity index (χ3v) is 4.85. The second-order valence-electron chi connectivity index (χ2n) is 6.39. The van der Waals surface area contributed by atoms with E-state index in [0.29, 0.717) is 30.0 Å². The molecule has 2 heterocycles. The van der Waals surface area contributed by atoms with Crippen molar-refractivity contribution in [2.75, 3.05) is 24.8 Å². The van der Waals surface area contributed by atoms with Crippen LogP contribution in [0.4, 0.5) is 5.69 Å². The van der Waals surface area contributed by atoms with Gasteiger partial charge in [-0.1, -0.05) is 11.6 Å². The number of esters is 1. The summed E-state index contributed by atoms with van der Waals surface area (Å²) < 4.78 is 15.5. The van der Waals surface area contributed by atoms with Gasteiger partial charge in [-0.05, 0) is 42.8 Å². The van der Waals surface area contributed by atoms with E-state index in [0.717, 1.165) is 12.1 Å². The molecule has 0 saturated carbocycles. The molecule has 2 aliphatic heterocycles. The first-order chi connectivity index (χ1) is 13.5. The van der Waals surface area contributed by atoms with E-state index < -0.39 is 12.6 Å². The van der Waals surface area contributed by atoms with Gasteiger partial charge in [-0.3, -0.25) is 9.59 Å². The minimum absolute atomic E-state index is 0.0328. The van der Waals surface area contributed by atoms with Gasteiger partial charge >= 0.3 is 5.97 Å². The molecule has 2 aromatic rings. The predicted octanol–water partition coefficient (Wildman–Crippen LogP) is 3.24. The molecule has 1 saturated heterocycles. The number of benzene rings is 2. The second-order valence-corrected chi connectivity index (χ2v) is 6.79. The van der Waals surface area contributed by atoms with Crippen molar-refractivity contribution in [1.82, 2.24) is 0 Å². The number of hydrogen-bond acceptors (Lipinski definition) is 6. The van der Waals surface area contributed by atoms with E-state index in [1.165, 1.54) is 12.1 Å². The summed E-state index contributed by atoms with van der Waals surface area (Å²) in [7, 11) is 0. The molecule has 1 amide bonds. The summed E-state index contributed by atoms with van der Waals surface area (Å²) in [6.45, 7) is 0.305. The van der Waals surface area contributed by atoms with Gasteiger partial charge in [-0.15, -0.1) is 0 Å². The van der Waals surface area contributed by atoms with Crippen LogP contribution in [0.2, 0.25) is 5.02 Å². The van der Waals surface area contributed by atoms with Gasteiger partial charge in [0, 0.05) is 24.2 Å². The molecule has 4 rings (SSSR count). The molecule has 0 aliphatic carbocycles. The van der Waals surface area contributed by atoms with Crippen molar-refractivity contribution >= 4 is 34.9 Å². The van der Waals surface area contributed by atoms with Gasteiger partial charge in [0.1, 0.15) is 0 Å². The molecule has 0 atom stereocenters. The molecule has 0 N–H and O–H groups in total. The molecule has 0 bridgehead atoms. The first-order valence-electron chi connectivity index (χ1n) is 8.73. The molecule has 2 aliphatic rings. The fraction of sp³-hybridized carbons (Fsp3) is 0.250.